The molecule has 2 aromatic rings. The van der Waals surface area contributed by atoms with Crippen LogP contribution in [0.5, 0.6) is 5.75 Å². The Hall–Kier alpha value is -2.82. The second-order valence-electron chi connectivity index (χ2n) is 15.2. The quantitative estimate of drug-likeness (QED) is 0.312. The van der Waals surface area contributed by atoms with Crippen molar-refractivity contribution in [2.75, 3.05) is 0 Å². The van der Waals surface area contributed by atoms with Crippen molar-refractivity contribution in [1.29, 1.82) is 0 Å². The van der Waals surface area contributed by atoms with Gasteiger partial charge in [-0.25, -0.2) is 9.97 Å². The summed E-state index contributed by atoms with van der Waals surface area (Å²) in [5, 5.41) is 8.63. The summed E-state index contributed by atoms with van der Waals surface area (Å²) in [5.74, 6) is 4.96. The monoisotopic (exact) mass is 638 g/mol. The van der Waals surface area contributed by atoms with Crippen LogP contribution < -0.4 is 0 Å². The number of hydrogen-bond acceptors (Lipinski definition) is 5. The predicted octanol–water partition coefficient (Wildman–Crippen LogP) is 11.9. The van der Waals surface area contributed by atoms with Gasteiger partial charge < -0.3 is 5.11 Å². The minimum Gasteiger partial charge on any atom is -0.508 e. The molecular weight excluding hydrogens is 566 g/mol. The number of Topliss-reactive ketones (excluding diaryl/α,β-unsaturated/α-hetero) is 1. The Morgan fingerprint density at radius 3 is 1.52 bits per heavy atom. The standard InChI is InChI=1S/C9H13N.C8H12N2.C6H10O.C6H6O.3C4H10/c1-2-6-9-8(4-1)5-3-7-10-9;1-8(2,3)7-9-5-4-6-10-7;2*7-6-4-2-1-3-5-6;3*1-4(2)3/h3,5,7-9H,1-2,4,6H2;4-6H,1-3H3;1-5H2;1-5,7H;3*4H,1-3H3. The van der Waals surface area contributed by atoms with Crippen LogP contribution in [0.25, 0.3) is 0 Å². The van der Waals surface area contributed by atoms with Crippen LogP contribution in [0.1, 0.15) is 147 Å². The van der Waals surface area contributed by atoms with Crippen LogP contribution in [0.3, 0.4) is 0 Å². The van der Waals surface area contributed by atoms with Gasteiger partial charge in [0.25, 0.3) is 0 Å². The number of carbonyl (C=O) groups excluding carboxylic acids is 1. The van der Waals surface area contributed by atoms with Gasteiger partial charge in [0.1, 0.15) is 17.4 Å². The largest absolute Gasteiger partial charge is 0.508 e. The van der Waals surface area contributed by atoms with Crippen molar-refractivity contribution in [2.24, 2.45) is 28.7 Å². The molecule has 2 saturated carbocycles. The van der Waals surface area contributed by atoms with Gasteiger partial charge in [-0.3, -0.25) is 9.79 Å². The van der Waals surface area contributed by atoms with Crippen molar-refractivity contribution < 1.29 is 9.90 Å². The molecule has 2 heterocycles. The van der Waals surface area contributed by atoms with Crippen LogP contribution >= 0.6 is 0 Å². The molecule has 2 aliphatic carbocycles. The molecule has 1 N–H and O–H groups in total. The second kappa shape index (κ2) is 28.4. The molecule has 1 aliphatic heterocycles. The minimum atomic E-state index is 0.0707. The van der Waals surface area contributed by atoms with Gasteiger partial charge in [0.05, 0.1) is 6.04 Å². The van der Waals surface area contributed by atoms with E-state index in [1.165, 1.54) is 32.1 Å². The Balaban J connectivity index is 0. The van der Waals surface area contributed by atoms with Crippen LogP contribution in [-0.2, 0) is 10.2 Å². The summed E-state index contributed by atoms with van der Waals surface area (Å²) < 4.78 is 0. The number of benzene rings is 1. The molecule has 1 aromatic heterocycles. The van der Waals surface area contributed by atoms with E-state index < -0.39 is 0 Å². The number of para-hydroxylation sites is 1. The lowest BCUT2D eigenvalue weighted by atomic mass is 9.84. The number of fused-ring (bicyclic) bond motifs is 1. The molecule has 3 aliphatic rings. The number of aromatic hydroxyl groups is 1. The van der Waals surface area contributed by atoms with Crippen LogP contribution in [0, 0.1) is 23.7 Å². The lowest BCUT2D eigenvalue weighted by molar-refractivity contribution is -0.120. The van der Waals surface area contributed by atoms with Crippen molar-refractivity contribution in [1.82, 2.24) is 9.97 Å². The number of allylic oxidation sites excluding steroid dienone is 1. The average molecular weight is 638 g/mol. The van der Waals surface area contributed by atoms with Crippen molar-refractivity contribution in [3.63, 3.8) is 0 Å². The molecule has 0 amide bonds. The Morgan fingerprint density at radius 2 is 1.17 bits per heavy atom. The highest BCUT2D eigenvalue weighted by atomic mass is 16.3. The third kappa shape index (κ3) is 32.6. The molecule has 5 nitrogen and oxygen atoms in total. The van der Waals surface area contributed by atoms with Crippen molar-refractivity contribution >= 4 is 12.0 Å². The number of rotatable bonds is 0. The molecule has 0 spiro atoms. The molecule has 46 heavy (non-hydrogen) atoms. The van der Waals surface area contributed by atoms with Gasteiger partial charge in [-0.2, -0.15) is 0 Å². The predicted molar refractivity (Wildman–Crippen MR) is 202 cm³/mol. The smallest absolute Gasteiger partial charge is 0.133 e. The fraction of sp³-hybridized carbons (Fsp3) is 0.659. The molecule has 2 fully saturated rings. The van der Waals surface area contributed by atoms with Crippen LogP contribution in [0.4, 0.5) is 0 Å². The van der Waals surface area contributed by atoms with E-state index in [-0.39, 0.29) is 5.41 Å². The number of aliphatic imine (C=N–C) groups is 1. The Bertz CT molecular complexity index is 958. The van der Waals surface area contributed by atoms with E-state index in [2.05, 4.69) is 110 Å². The number of hydrogen-bond donors (Lipinski definition) is 1. The maximum atomic E-state index is 10.5. The molecule has 0 bridgehead atoms. The summed E-state index contributed by atoms with van der Waals surface area (Å²) in [6.07, 6.45) is 20.6. The summed E-state index contributed by atoms with van der Waals surface area (Å²) >= 11 is 0. The average Bonchev–Trinajstić information content (AvgIpc) is 2.98. The summed E-state index contributed by atoms with van der Waals surface area (Å²) in [4.78, 5) is 23.2. The third-order valence-electron chi connectivity index (χ3n) is 5.91. The minimum absolute atomic E-state index is 0.0707. The Kier molecular flexibility index (Phi) is 28.0. The highest BCUT2D eigenvalue weighted by Gasteiger charge is 2.22. The highest BCUT2D eigenvalue weighted by molar-refractivity contribution is 5.78. The Labute approximate surface area is 284 Å². The SMILES string of the molecule is C1=CC2CCCCC2N=C1.CC(C)(C)c1ncccn1.CC(C)C.CC(C)C.CC(C)C.O=C1CCCCC1.Oc1ccccc1. The zero-order valence-corrected chi connectivity index (χ0v) is 31.8. The first-order valence-electron chi connectivity index (χ1n) is 17.8. The van der Waals surface area contributed by atoms with Gasteiger partial charge in [-0.1, -0.05) is 127 Å². The highest BCUT2D eigenvalue weighted by Crippen LogP contribution is 2.29. The molecule has 1 aromatic carbocycles. The molecule has 5 heteroatoms. The van der Waals surface area contributed by atoms with Gasteiger partial charge in [0.2, 0.25) is 0 Å². The van der Waals surface area contributed by atoms with E-state index in [0.717, 1.165) is 55.2 Å². The van der Waals surface area contributed by atoms with E-state index in [4.69, 9.17) is 5.11 Å². The summed E-state index contributed by atoms with van der Waals surface area (Å²) in [5.41, 5.74) is 0.0707. The molecule has 5 rings (SSSR count). The van der Waals surface area contributed by atoms with E-state index in [0.29, 0.717) is 17.6 Å². The first-order chi connectivity index (χ1) is 21.6. The molecule has 262 valence electrons. The number of nitrogens with zero attached hydrogens (tertiary/aromatic N) is 3. The molecule has 0 saturated heterocycles. The second-order valence-corrected chi connectivity index (χ2v) is 15.2. The maximum absolute atomic E-state index is 10.5. The van der Waals surface area contributed by atoms with Gasteiger partial charge in [-0.05, 0) is 73.6 Å². The summed E-state index contributed by atoms with van der Waals surface area (Å²) in [6.45, 7) is 25.8. The van der Waals surface area contributed by atoms with Crippen molar-refractivity contribution in [2.45, 2.75) is 152 Å². The normalized spacial score (nSPS) is 17.8. The van der Waals surface area contributed by atoms with Crippen LogP contribution in [-0.4, -0.2) is 33.1 Å². The molecule has 0 radical (unpaired) electrons. The Morgan fingerprint density at radius 1 is 0.696 bits per heavy atom. The van der Waals surface area contributed by atoms with Crippen molar-refractivity contribution in [3.05, 3.63) is 66.8 Å². The topological polar surface area (TPSA) is 75.4 Å². The third-order valence-corrected chi connectivity index (χ3v) is 5.91. The number of phenolic OH excluding ortho intramolecular Hbond substituents is 1. The molecule has 2 unspecified atom stereocenters. The first-order valence-corrected chi connectivity index (χ1v) is 17.8. The number of carbonyl (C=O) groups is 1. The zero-order valence-electron chi connectivity index (χ0n) is 31.8. The maximum Gasteiger partial charge on any atom is 0.133 e. The lowest BCUT2D eigenvalue weighted by Crippen LogP contribution is -2.23. The van der Waals surface area contributed by atoms with Gasteiger partial charge in [0, 0.05) is 36.9 Å². The van der Waals surface area contributed by atoms with Gasteiger partial charge in [0.15, 0.2) is 0 Å². The number of ketones is 1. The summed E-state index contributed by atoms with van der Waals surface area (Å²) in [7, 11) is 0. The first kappa shape index (κ1) is 45.3. The molecule has 2 atom stereocenters. The fourth-order valence-electron chi connectivity index (χ4n) is 3.96. The van der Waals surface area contributed by atoms with Crippen LogP contribution in [0.2, 0.25) is 0 Å². The van der Waals surface area contributed by atoms with E-state index >= 15 is 0 Å². The van der Waals surface area contributed by atoms with Gasteiger partial charge >= 0.3 is 0 Å². The number of aromatic nitrogens is 2. The van der Waals surface area contributed by atoms with Gasteiger partial charge in [-0.15, -0.1) is 0 Å². The van der Waals surface area contributed by atoms with Crippen LogP contribution in [0.15, 0.2) is 65.9 Å². The fourth-order valence-corrected chi connectivity index (χ4v) is 3.96. The number of phenols is 1. The van der Waals surface area contributed by atoms with E-state index in [1.54, 1.807) is 36.7 Å². The van der Waals surface area contributed by atoms with E-state index in [1.807, 2.05) is 18.3 Å². The zero-order chi connectivity index (χ0) is 35.4. The van der Waals surface area contributed by atoms with Crippen molar-refractivity contribution in [3.8, 4) is 5.75 Å². The lowest BCUT2D eigenvalue weighted by Gasteiger charge is -2.27. The van der Waals surface area contributed by atoms with E-state index in [9.17, 15) is 4.79 Å². The number of dihydropyridines is 1. The summed E-state index contributed by atoms with van der Waals surface area (Å²) in [6, 6.07) is 11.2. The molecular formula is C41H71N3O2.